The van der Waals surface area contributed by atoms with E-state index in [4.69, 9.17) is 11.6 Å². The van der Waals surface area contributed by atoms with Crippen molar-refractivity contribution in [3.63, 3.8) is 0 Å². The minimum Gasteiger partial charge on any atom is -0.272 e. The molecule has 22 heavy (non-hydrogen) atoms. The molecular weight excluding hydrogens is 323 g/mol. The summed E-state index contributed by atoms with van der Waals surface area (Å²) in [7, 11) is 0. The van der Waals surface area contributed by atoms with Crippen LogP contribution in [-0.2, 0) is 4.79 Å². The zero-order valence-electron chi connectivity index (χ0n) is 11.8. The van der Waals surface area contributed by atoms with Gasteiger partial charge >= 0.3 is 0 Å². The van der Waals surface area contributed by atoms with Crippen LogP contribution in [0.4, 0.5) is 4.39 Å². The Bertz CT molecular complexity index is 659. The molecular formula is C16H14ClFN2OS. The van der Waals surface area contributed by atoms with Crippen molar-refractivity contribution in [1.29, 1.82) is 0 Å². The summed E-state index contributed by atoms with van der Waals surface area (Å²) < 4.78 is 13.5. The van der Waals surface area contributed by atoms with Gasteiger partial charge in [-0.25, -0.2) is 9.82 Å². The molecule has 3 nitrogen and oxygen atoms in total. The summed E-state index contributed by atoms with van der Waals surface area (Å²) in [4.78, 5) is 12.9. The van der Waals surface area contributed by atoms with Gasteiger partial charge in [-0.05, 0) is 31.2 Å². The van der Waals surface area contributed by atoms with E-state index in [1.54, 1.807) is 13.0 Å². The molecule has 6 heteroatoms. The molecule has 0 saturated carbocycles. The average Bonchev–Trinajstić information content (AvgIpc) is 2.51. The average molecular weight is 337 g/mol. The van der Waals surface area contributed by atoms with Gasteiger partial charge in [-0.15, -0.1) is 11.8 Å². The number of nitrogens with one attached hydrogen (secondary N) is 1. The molecule has 0 saturated heterocycles. The number of nitrogens with zero attached hydrogens (tertiary/aromatic N) is 1. The zero-order valence-corrected chi connectivity index (χ0v) is 13.4. The van der Waals surface area contributed by atoms with E-state index in [1.807, 2.05) is 30.3 Å². The Morgan fingerprint density at radius 3 is 2.68 bits per heavy atom. The number of hydrazone groups is 1. The molecule has 1 N–H and O–H groups in total. The second-order valence-corrected chi connectivity index (χ2v) is 6.26. The molecule has 0 spiro atoms. The Kier molecular flexibility index (Phi) is 5.98. The summed E-state index contributed by atoms with van der Waals surface area (Å²) in [5.74, 6) is -0.755. The lowest BCUT2D eigenvalue weighted by atomic mass is 10.2. The van der Waals surface area contributed by atoms with E-state index in [9.17, 15) is 9.18 Å². The third kappa shape index (κ3) is 4.58. The number of carbonyl (C=O) groups is 1. The van der Waals surface area contributed by atoms with Crippen molar-refractivity contribution < 1.29 is 9.18 Å². The number of amides is 1. The molecule has 114 valence electrons. The quantitative estimate of drug-likeness (QED) is 0.507. The van der Waals surface area contributed by atoms with Crippen LogP contribution in [0.3, 0.4) is 0 Å². The van der Waals surface area contributed by atoms with Gasteiger partial charge in [0.25, 0.3) is 5.91 Å². The Labute approximate surface area is 137 Å². The van der Waals surface area contributed by atoms with Crippen LogP contribution in [0.2, 0.25) is 5.02 Å². The van der Waals surface area contributed by atoms with Crippen molar-refractivity contribution in [2.45, 2.75) is 17.1 Å². The zero-order chi connectivity index (χ0) is 15.9. The molecule has 1 atom stereocenters. The minimum atomic E-state index is -0.489. The number of thioether (sulfide) groups is 1. The number of benzene rings is 2. The highest BCUT2D eigenvalue weighted by molar-refractivity contribution is 8.00. The molecule has 2 aromatic carbocycles. The van der Waals surface area contributed by atoms with Crippen LogP contribution in [0.5, 0.6) is 0 Å². The molecule has 0 aliphatic rings. The molecule has 0 radical (unpaired) electrons. The van der Waals surface area contributed by atoms with E-state index in [0.29, 0.717) is 0 Å². The van der Waals surface area contributed by atoms with Crippen LogP contribution in [0.15, 0.2) is 58.5 Å². The van der Waals surface area contributed by atoms with Gasteiger partial charge in [0, 0.05) is 10.5 Å². The van der Waals surface area contributed by atoms with Crippen LogP contribution in [0.1, 0.15) is 12.5 Å². The smallest absolute Gasteiger partial charge is 0.253 e. The van der Waals surface area contributed by atoms with Gasteiger partial charge < -0.3 is 0 Å². The Balaban J connectivity index is 1.93. The molecule has 0 bridgehead atoms. The molecule has 0 fully saturated rings. The van der Waals surface area contributed by atoms with Gasteiger partial charge in [0.1, 0.15) is 5.82 Å². The SMILES string of the molecule is C[C@@H](Sc1ccccc1)C(=O)N/N=C\c1c(F)cccc1Cl. The lowest BCUT2D eigenvalue weighted by Crippen LogP contribution is -2.26. The fraction of sp³-hybridized carbons (Fsp3) is 0.125. The third-order valence-electron chi connectivity index (χ3n) is 2.79. The van der Waals surface area contributed by atoms with Gasteiger partial charge in [0.05, 0.1) is 16.5 Å². The van der Waals surface area contributed by atoms with Crippen molar-refractivity contribution in [2.75, 3.05) is 0 Å². The summed E-state index contributed by atoms with van der Waals surface area (Å²) in [6.07, 6.45) is 1.20. The van der Waals surface area contributed by atoms with Gasteiger partial charge in [0.2, 0.25) is 0 Å². The van der Waals surface area contributed by atoms with E-state index in [1.165, 1.54) is 30.1 Å². The number of hydrogen-bond acceptors (Lipinski definition) is 3. The number of halogens is 2. The van der Waals surface area contributed by atoms with Gasteiger partial charge in [-0.2, -0.15) is 5.10 Å². The molecule has 0 aliphatic heterocycles. The fourth-order valence-electron chi connectivity index (χ4n) is 1.64. The van der Waals surface area contributed by atoms with Gasteiger partial charge in [-0.1, -0.05) is 35.9 Å². The van der Waals surface area contributed by atoms with Crippen molar-refractivity contribution in [3.05, 3.63) is 64.9 Å². The van der Waals surface area contributed by atoms with Crippen LogP contribution in [-0.4, -0.2) is 17.4 Å². The molecule has 1 amide bonds. The van der Waals surface area contributed by atoms with Gasteiger partial charge in [0.15, 0.2) is 0 Å². The lowest BCUT2D eigenvalue weighted by Gasteiger charge is -2.09. The Hall–Kier alpha value is -1.85. The van der Waals surface area contributed by atoms with E-state index < -0.39 is 5.82 Å². The Morgan fingerprint density at radius 2 is 2.00 bits per heavy atom. The fourth-order valence-corrected chi connectivity index (χ4v) is 2.74. The monoisotopic (exact) mass is 336 g/mol. The van der Waals surface area contributed by atoms with E-state index in [0.717, 1.165) is 4.90 Å². The van der Waals surface area contributed by atoms with Crippen molar-refractivity contribution in [3.8, 4) is 0 Å². The summed E-state index contributed by atoms with van der Waals surface area (Å²) >= 11 is 7.28. The first-order chi connectivity index (χ1) is 10.6. The van der Waals surface area contributed by atoms with Crippen molar-refractivity contribution in [2.24, 2.45) is 5.10 Å². The minimum absolute atomic E-state index is 0.146. The number of hydrogen-bond donors (Lipinski definition) is 1. The molecule has 0 heterocycles. The highest BCUT2D eigenvalue weighted by Crippen LogP contribution is 2.22. The van der Waals surface area contributed by atoms with E-state index in [-0.39, 0.29) is 21.7 Å². The second kappa shape index (κ2) is 7.96. The molecule has 2 aromatic rings. The van der Waals surface area contributed by atoms with Crippen LogP contribution < -0.4 is 5.43 Å². The van der Waals surface area contributed by atoms with Crippen molar-refractivity contribution >= 4 is 35.5 Å². The second-order valence-electron chi connectivity index (χ2n) is 4.44. The molecule has 0 unspecified atom stereocenters. The van der Waals surface area contributed by atoms with E-state index in [2.05, 4.69) is 10.5 Å². The van der Waals surface area contributed by atoms with Gasteiger partial charge in [-0.3, -0.25) is 4.79 Å². The molecule has 0 aromatic heterocycles. The van der Waals surface area contributed by atoms with E-state index >= 15 is 0 Å². The maximum atomic E-state index is 13.5. The summed E-state index contributed by atoms with van der Waals surface area (Å²) in [5.41, 5.74) is 2.54. The predicted octanol–water partition coefficient (Wildman–Crippen LogP) is 4.11. The lowest BCUT2D eigenvalue weighted by molar-refractivity contribution is -0.120. The first-order valence-corrected chi connectivity index (χ1v) is 7.82. The maximum absolute atomic E-state index is 13.5. The summed E-state index contributed by atoms with van der Waals surface area (Å²) in [6, 6.07) is 13.9. The first kappa shape index (κ1) is 16.5. The Morgan fingerprint density at radius 1 is 1.27 bits per heavy atom. The normalized spacial score (nSPS) is 12.3. The first-order valence-electron chi connectivity index (χ1n) is 6.56. The number of carbonyl (C=O) groups excluding carboxylic acids is 1. The van der Waals surface area contributed by atoms with Crippen LogP contribution in [0, 0.1) is 5.82 Å². The third-order valence-corrected chi connectivity index (χ3v) is 4.23. The van der Waals surface area contributed by atoms with Crippen LogP contribution >= 0.6 is 23.4 Å². The van der Waals surface area contributed by atoms with Crippen LogP contribution in [0.25, 0.3) is 0 Å². The maximum Gasteiger partial charge on any atom is 0.253 e. The molecule has 2 rings (SSSR count). The number of rotatable bonds is 5. The molecule has 0 aliphatic carbocycles. The topological polar surface area (TPSA) is 41.5 Å². The highest BCUT2D eigenvalue weighted by Gasteiger charge is 2.13. The highest BCUT2D eigenvalue weighted by atomic mass is 35.5. The largest absolute Gasteiger partial charge is 0.272 e. The summed E-state index contributed by atoms with van der Waals surface area (Å²) in [5, 5.41) is 3.68. The van der Waals surface area contributed by atoms with Crippen molar-refractivity contribution in [1.82, 2.24) is 5.43 Å². The predicted molar refractivity (Wildman–Crippen MR) is 88.9 cm³/mol. The standard InChI is InChI=1S/C16H14ClFN2OS/c1-11(22-12-6-3-2-4-7-12)16(21)20-19-10-13-14(17)8-5-9-15(13)18/h2-11H,1H3,(H,20,21)/b19-10-/t11-/m1/s1. The summed E-state index contributed by atoms with van der Waals surface area (Å²) in [6.45, 7) is 1.78.